The highest BCUT2D eigenvalue weighted by Gasteiger charge is 2.11. The highest BCUT2D eigenvalue weighted by atomic mass is 16.5. The minimum absolute atomic E-state index is 0.353. The standard InChI is InChI=1S/C16H18N2O3/c1-11-4-6-14(13(8-11)16(19)21-3)17-9-12-5-7-15(20-2)18-10-12/h4-8,10,17H,9H2,1-3H3. The Kier molecular flexibility index (Phi) is 4.77. The Balaban J connectivity index is 2.13. The number of methoxy groups -OCH3 is 2. The lowest BCUT2D eigenvalue weighted by Crippen LogP contribution is -2.08. The molecule has 0 fully saturated rings. The molecular formula is C16H18N2O3. The molecule has 0 saturated carbocycles. The number of pyridine rings is 1. The van der Waals surface area contributed by atoms with Gasteiger partial charge < -0.3 is 14.8 Å². The number of aromatic nitrogens is 1. The van der Waals surface area contributed by atoms with E-state index < -0.39 is 0 Å². The first kappa shape index (κ1) is 14.8. The van der Waals surface area contributed by atoms with Crippen LogP contribution in [0.4, 0.5) is 5.69 Å². The van der Waals surface area contributed by atoms with Gasteiger partial charge in [0, 0.05) is 24.5 Å². The van der Waals surface area contributed by atoms with E-state index in [9.17, 15) is 4.79 Å². The minimum atomic E-state index is -0.353. The SMILES string of the molecule is COC(=O)c1cc(C)ccc1NCc1ccc(OC)nc1. The first-order valence-corrected chi connectivity index (χ1v) is 6.56. The molecule has 1 N–H and O–H groups in total. The summed E-state index contributed by atoms with van der Waals surface area (Å²) in [6.07, 6.45) is 1.73. The second kappa shape index (κ2) is 6.74. The third-order valence-corrected chi connectivity index (χ3v) is 3.07. The van der Waals surface area contributed by atoms with Crippen molar-refractivity contribution in [3.05, 3.63) is 53.2 Å². The van der Waals surface area contributed by atoms with E-state index in [4.69, 9.17) is 9.47 Å². The first-order chi connectivity index (χ1) is 10.1. The zero-order valence-electron chi connectivity index (χ0n) is 12.3. The molecular weight excluding hydrogens is 268 g/mol. The maximum absolute atomic E-state index is 11.8. The predicted octanol–water partition coefficient (Wildman–Crippen LogP) is 2.80. The van der Waals surface area contributed by atoms with Gasteiger partial charge in [-0.25, -0.2) is 9.78 Å². The van der Waals surface area contributed by atoms with Crippen LogP contribution >= 0.6 is 0 Å². The summed E-state index contributed by atoms with van der Waals surface area (Å²) in [5.74, 6) is 0.221. The molecule has 0 aliphatic heterocycles. The lowest BCUT2D eigenvalue weighted by molar-refractivity contribution is 0.0601. The molecule has 0 amide bonds. The summed E-state index contributed by atoms with van der Waals surface area (Å²) in [7, 11) is 2.96. The van der Waals surface area contributed by atoms with Gasteiger partial charge in [-0.3, -0.25) is 0 Å². The van der Waals surface area contributed by atoms with E-state index in [1.54, 1.807) is 25.4 Å². The van der Waals surface area contributed by atoms with Crippen LogP contribution in [0.2, 0.25) is 0 Å². The van der Waals surface area contributed by atoms with Crippen molar-refractivity contribution in [2.24, 2.45) is 0 Å². The second-order valence-corrected chi connectivity index (χ2v) is 4.60. The van der Waals surface area contributed by atoms with Crippen LogP contribution in [0.15, 0.2) is 36.5 Å². The van der Waals surface area contributed by atoms with Crippen LogP contribution in [-0.2, 0) is 11.3 Å². The van der Waals surface area contributed by atoms with Gasteiger partial charge in [0.2, 0.25) is 5.88 Å². The number of hydrogen-bond donors (Lipinski definition) is 1. The van der Waals surface area contributed by atoms with E-state index in [1.807, 2.05) is 25.1 Å². The highest BCUT2D eigenvalue weighted by Crippen LogP contribution is 2.19. The van der Waals surface area contributed by atoms with Crippen LogP contribution in [0.3, 0.4) is 0 Å². The summed E-state index contributed by atoms with van der Waals surface area (Å²) < 4.78 is 9.82. The fraction of sp³-hybridized carbons (Fsp3) is 0.250. The van der Waals surface area contributed by atoms with Gasteiger partial charge in [0.1, 0.15) is 0 Å². The Hall–Kier alpha value is -2.56. The number of nitrogens with zero attached hydrogens (tertiary/aromatic N) is 1. The van der Waals surface area contributed by atoms with Crippen molar-refractivity contribution in [3.8, 4) is 5.88 Å². The topological polar surface area (TPSA) is 60.5 Å². The largest absolute Gasteiger partial charge is 0.481 e. The van der Waals surface area contributed by atoms with Crippen molar-refractivity contribution in [1.82, 2.24) is 4.98 Å². The van der Waals surface area contributed by atoms with E-state index in [-0.39, 0.29) is 5.97 Å². The van der Waals surface area contributed by atoms with Crippen molar-refractivity contribution >= 4 is 11.7 Å². The Morgan fingerprint density at radius 3 is 2.67 bits per heavy atom. The summed E-state index contributed by atoms with van der Waals surface area (Å²) in [5.41, 5.74) is 3.27. The van der Waals surface area contributed by atoms with Crippen LogP contribution in [-0.4, -0.2) is 25.2 Å². The molecule has 110 valence electrons. The predicted molar refractivity (Wildman–Crippen MR) is 80.6 cm³/mol. The Morgan fingerprint density at radius 2 is 2.05 bits per heavy atom. The fourth-order valence-electron chi connectivity index (χ4n) is 1.92. The van der Waals surface area contributed by atoms with Crippen LogP contribution in [0, 0.1) is 6.92 Å². The molecule has 2 rings (SSSR count). The van der Waals surface area contributed by atoms with Gasteiger partial charge in [0.05, 0.1) is 19.8 Å². The Labute approximate surface area is 123 Å². The molecule has 0 saturated heterocycles. The number of hydrogen-bond acceptors (Lipinski definition) is 5. The number of anilines is 1. The molecule has 5 heteroatoms. The summed E-state index contributed by atoms with van der Waals surface area (Å²) >= 11 is 0. The monoisotopic (exact) mass is 286 g/mol. The van der Waals surface area contributed by atoms with Crippen LogP contribution in [0.5, 0.6) is 5.88 Å². The number of ether oxygens (including phenoxy) is 2. The van der Waals surface area contributed by atoms with Gasteiger partial charge in [0.15, 0.2) is 0 Å². The smallest absolute Gasteiger partial charge is 0.339 e. The van der Waals surface area contributed by atoms with E-state index in [1.165, 1.54) is 7.11 Å². The molecule has 0 aliphatic carbocycles. The van der Waals surface area contributed by atoms with E-state index in [2.05, 4.69) is 10.3 Å². The quantitative estimate of drug-likeness (QED) is 0.856. The molecule has 2 aromatic rings. The lowest BCUT2D eigenvalue weighted by Gasteiger charge is -2.11. The Morgan fingerprint density at radius 1 is 1.24 bits per heavy atom. The van der Waals surface area contributed by atoms with Gasteiger partial charge in [-0.05, 0) is 24.6 Å². The van der Waals surface area contributed by atoms with Crippen LogP contribution in [0.1, 0.15) is 21.5 Å². The van der Waals surface area contributed by atoms with Gasteiger partial charge in [-0.15, -0.1) is 0 Å². The lowest BCUT2D eigenvalue weighted by atomic mass is 10.1. The maximum Gasteiger partial charge on any atom is 0.339 e. The van der Waals surface area contributed by atoms with E-state index >= 15 is 0 Å². The van der Waals surface area contributed by atoms with Crippen molar-refractivity contribution < 1.29 is 14.3 Å². The second-order valence-electron chi connectivity index (χ2n) is 4.60. The average molecular weight is 286 g/mol. The summed E-state index contributed by atoms with van der Waals surface area (Å²) in [4.78, 5) is 15.9. The first-order valence-electron chi connectivity index (χ1n) is 6.56. The molecule has 21 heavy (non-hydrogen) atoms. The van der Waals surface area contributed by atoms with Crippen molar-refractivity contribution in [2.45, 2.75) is 13.5 Å². The summed E-state index contributed by atoms with van der Waals surface area (Å²) in [6.45, 7) is 2.49. The molecule has 5 nitrogen and oxygen atoms in total. The van der Waals surface area contributed by atoms with Gasteiger partial charge >= 0.3 is 5.97 Å². The molecule has 0 radical (unpaired) electrons. The summed E-state index contributed by atoms with van der Waals surface area (Å²) in [6, 6.07) is 9.35. The number of carbonyl (C=O) groups excluding carboxylic acids is 1. The zero-order valence-corrected chi connectivity index (χ0v) is 12.3. The zero-order chi connectivity index (χ0) is 15.2. The molecule has 0 unspecified atom stereocenters. The molecule has 0 spiro atoms. The number of rotatable bonds is 5. The van der Waals surface area contributed by atoms with Crippen molar-refractivity contribution in [1.29, 1.82) is 0 Å². The van der Waals surface area contributed by atoms with Gasteiger partial charge in [-0.1, -0.05) is 17.7 Å². The highest BCUT2D eigenvalue weighted by molar-refractivity contribution is 5.95. The van der Waals surface area contributed by atoms with Crippen LogP contribution in [0.25, 0.3) is 0 Å². The van der Waals surface area contributed by atoms with E-state index in [0.29, 0.717) is 18.0 Å². The maximum atomic E-state index is 11.8. The number of benzene rings is 1. The summed E-state index contributed by atoms with van der Waals surface area (Å²) in [5, 5.41) is 3.23. The molecule has 1 aromatic carbocycles. The van der Waals surface area contributed by atoms with Crippen molar-refractivity contribution in [3.63, 3.8) is 0 Å². The number of esters is 1. The number of carbonyl (C=O) groups is 1. The number of nitrogens with one attached hydrogen (secondary N) is 1. The normalized spacial score (nSPS) is 10.0. The van der Waals surface area contributed by atoms with Gasteiger partial charge in [-0.2, -0.15) is 0 Å². The fourth-order valence-corrected chi connectivity index (χ4v) is 1.92. The Bertz CT molecular complexity index is 624. The van der Waals surface area contributed by atoms with Gasteiger partial charge in [0.25, 0.3) is 0 Å². The third kappa shape index (κ3) is 3.72. The molecule has 0 bridgehead atoms. The van der Waals surface area contributed by atoms with Crippen LogP contribution < -0.4 is 10.1 Å². The van der Waals surface area contributed by atoms with E-state index in [0.717, 1.165) is 16.8 Å². The molecule has 0 atom stereocenters. The molecule has 0 aliphatic rings. The third-order valence-electron chi connectivity index (χ3n) is 3.07. The minimum Gasteiger partial charge on any atom is -0.481 e. The average Bonchev–Trinajstić information content (AvgIpc) is 2.53. The number of aryl methyl sites for hydroxylation is 1. The van der Waals surface area contributed by atoms with Crippen molar-refractivity contribution in [2.75, 3.05) is 19.5 Å². The molecule has 1 aromatic heterocycles. The molecule has 1 heterocycles.